The van der Waals surface area contributed by atoms with Gasteiger partial charge in [-0.2, -0.15) is 0 Å². The van der Waals surface area contributed by atoms with E-state index in [1.807, 2.05) is 6.92 Å². The zero-order valence-corrected chi connectivity index (χ0v) is 14.1. The van der Waals surface area contributed by atoms with Crippen molar-refractivity contribution in [3.63, 3.8) is 0 Å². The molecule has 1 aromatic heterocycles. The van der Waals surface area contributed by atoms with E-state index in [4.69, 9.17) is 11.6 Å². The van der Waals surface area contributed by atoms with Crippen molar-refractivity contribution in [1.29, 1.82) is 0 Å². The number of rotatable bonds is 6. The Bertz CT molecular complexity index is 729. The second-order valence-corrected chi connectivity index (χ2v) is 7.95. The third-order valence-electron chi connectivity index (χ3n) is 2.81. The predicted octanol–water partition coefficient (Wildman–Crippen LogP) is 2.30. The van der Waals surface area contributed by atoms with Gasteiger partial charge in [0.05, 0.1) is 9.90 Å². The van der Waals surface area contributed by atoms with E-state index in [0.717, 1.165) is 15.4 Å². The smallest absolute Gasteiger partial charge is 0.240 e. The lowest BCUT2D eigenvalue weighted by Crippen LogP contribution is -2.23. The second kappa shape index (κ2) is 6.85. The first-order valence-electron chi connectivity index (χ1n) is 6.26. The molecule has 2 N–H and O–H groups in total. The first kappa shape index (κ1) is 16.4. The highest BCUT2D eigenvalue weighted by Crippen LogP contribution is 2.21. The van der Waals surface area contributed by atoms with Crippen molar-refractivity contribution in [3.05, 3.63) is 44.9 Å². The van der Waals surface area contributed by atoms with Gasteiger partial charge in [0, 0.05) is 29.2 Å². The molecular weight excluding hydrogens is 330 g/mol. The lowest BCUT2D eigenvalue weighted by Gasteiger charge is -2.08. The summed E-state index contributed by atoms with van der Waals surface area (Å²) in [5.74, 6) is 0. The molecular formula is C13H16ClN3O2S2. The number of sulfonamides is 1. The summed E-state index contributed by atoms with van der Waals surface area (Å²) < 4.78 is 27.0. The van der Waals surface area contributed by atoms with Crippen LogP contribution in [0.5, 0.6) is 0 Å². The molecule has 0 bridgehead atoms. The minimum atomic E-state index is -3.58. The minimum absolute atomic E-state index is 0.161. The van der Waals surface area contributed by atoms with E-state index in [-0.39, 0.29) is 11.4 Å². The average Bonchev–Trinajstić information content (AvgIpc) is 2.85. The van der Waals surface area contributed by atoms with Crippen molar-refractivity contribution < 1.29 is 8.42 Å². The molecule has 2 rings (SSSR count). The molecule has 1 heterocycles. The molecule has 0 saturated carbocycles. The highest BCUT2D eigenvalue weighted by molar-refractivity contribution is 7.89. The van der Waals surface area contributed by atoms with Crippen LogP contribution in [0, 0.1) is 6.92 Å². The van der Waals surface area contributed by atoms with E-state index in [2.05, 4.69) is 15.0 Å². The van der Waals surface area contributed by atoms with Crippen LogP contribution in [0.3, 0.4) is 0 Å². The van der Waals surface area contributed by atoms with Crippen LogP contribution in [0.25, 0.3) is 0 Å². The van der Waals surface area contributed by atoms with Crippen LogP contribution in [0.15, 0.2) is 29.3 Å². The molecule has 114 valence electrons. The molecule has 0 fully saturated rings. The van der Waals surface area contributed by atoms with Crippen molar-refractivity contribution in [2.75, 3.05) is 7.05 Å². The summed E-state index contributed by atoms with van der Waals surface area (Å²) in [5, 5.41) is 4.31. The molecule has 0 aliphatic carbocycles. The Labute approximate surface area is 133 Å². The van der Waals surface area contributed by atoms with Gasteiger partial charge in [0.2, 0.25) is 10.0 Å². The first-order chi connectivity index (χ1) is 9.92. The van der Waals surface area contributed by atoms with Crippen molar-refractivity contribution >= 4 is 33.0 Å². The van der Waals surface area contributed by atoms with E-state index < -0.39 is 10.0 Å². The summed E-state index contributed by atoms with van der Waals surface area (Å²) in [6, 6.07) is 4.73. The molecule has 5 nitrogen and oxygen atoms in total. The molecule has 21 heavy (non-hydrogen) atoms. The van der Waals surface area contributed by atoms with Gasteiger partial charge in [-0.15, -0.1) is 11.3 Å². The SMILES string of the molecule is CNCc1ccc(S(=O)(=O)NCc2cnc(C)s2)cc1Cl. The molecule has 1 aromatic carbocycles. The van der Waals surface area contributed by atoms with Gasteiger partial charge in [0.15, 0.2) is 0 Å². The molecule has 2 aromatic rings. The van der Waals surface area contributed by atoms with E-state index in [1.165, 1.54) is 17.4 Å². The maximum atomic E-state index is 12.2. The topological polar surface area (TPSA) is 71.1 Å². The van der Waals surface area contributed by atoms with Crippen LogP contribution in [-0.2, 0) is 23.1 Å². The zero-order valence-electron chi connectivity index (χ0n) is 11.7. The van der Waals surface area contributed by atoms with Crippen molar-refractivity contribution in [1.82, 2.24) is 15.0 Å². The fourth-order valence-electron chi connectivity index (χ4n) is 1.77. The highest BCUT2D eigenvalue weighted by Gasteiger charge is 2.15. The summed E-state index contributed by atoms with van der Waals surface area (Å²) >= 11 is 7.56. The summed E-state index contributed by atoms with van der Waals surface area (Å²) in [7, 11) is -1.77. The number of thiazole rings is 1. The lowest BCUT2D eigenvalue weighted by molar-refractivity contribution is 0.581. The van der Waals surface area contributed by atoms with E-state index >= 15 is 0 Å². The molecule has 8 heteroatoms. The Morgan fingerprint density at radius 2 is 2.10 bits per heavy atom. The predicted molar refractivity (Wildman–Crippen MR) is 85.1 cm³/mol. The fourth-order valence-corrected chi connectivity index (χ4v) is 3.94. The zero-order chi connectivity index (χ0) is 15.5. The molecule has 0 saturated heterocycles. The minimum Gasteiger partial charge on any atom is -0.316 e. The quantitative estimate of drug-likeness (QED) is 0.842. The van der Waals surface area contributed by atoms with Crippen LogP contribution in [0.1, 0.15) is 15.4 Å². The number of aromatic nitrogens is 1. The van der Waals surface area contributed by atoms with Gasteiger partial charge in [-0.05, 0) is 31.7 Å². The number of hydrogen-bond donors (Lipinski definition) is 2. The molecule has 0 aliphatic heterocycles. The third-order valence-corrected chi connectivity index (χ3v) is 5.47. The molecule has 0 atom stereocenters. The Morgan fingerprint density at radius 1 is 1.33 bits per heavy atom. The van der Waals surface area contributed by atoms with Gasteiger partial charge in [-0.1, -0.05) is 17.7 Å². The molecule has 0 radical (unpaired) electrons. The standard InChI is InChI=1S/C13H16ClN3O2S2/c1-9-16-7-11(20-9)8-17-21(18,19)12-4-3-10(6-15-2)13(14)5-12/h3-5,7,15,17H,6,8H2,1-2H3. The number of benzene rings is 1. The number of halogens is 1. The van der Waals surface area contributed by atoms with E-state index in [9.17, 15) is 8.42 Å². The molecule has 0 amide bonds. The monoisotopic (exact) mass is 345 g/mol. The molecule has 0 spiro atoms. The summed E-state index contributed by atoms with van der Waals surface area (Å²) in [5.41, 5.74) is 0.858. The second-order valence-electron chi connectivity index (χ2n) is 4.45. The molecule has 0 unspecified atom stereocenters. The van der Waals surface area contributed by atoms with Crippen molar-refractivity contribution in [2.45, 2.75) is 24.9 Å². The fraction of sp³-hybridized carbons (Fsp3) is 0.308. The lowest BCUT2D eigenvalue weighted by atomic mass is 10.2. The van der Waals surface area contributed by atoms with Crippen molar-refractivity contribution in [2.24, 2.45) is 0 Å². The third kappa shape index (κ3) is 4.24. The van der Waals surface area contributed by atoms with E-state index in [0.29, 0.717) is 11.6 Å². The van der Waals surface area contributed by atoms with Gasteiger partial charge in [0.1, 0.15) is 0 Å². The maximum Gasteiger partial charge on any atom is 0.240 e. The van der Waals surface area contributed by atoms with Gasteiger partial charge in [-0.25, -0.2) is 18.1 Å². The summed E-state index contributed by atoms with van der Waals surface area (Å²) in [6.07, 6.45) is 1.67. The van der Waals surface area contributed by atoms with Gasteiger partial charge < -0.3 is 5.32 Å². The largest absolute Gasteiger partial charge is 0.316 e. The first-order valence-corrected chi connectivity index (χ1v) is 8.94. The van der Waals surface area contributed by atoms with Crippen LogP contribution in [0.2, 0.25) is 5.02 Å². The normalized spacial score (nSPS) is 11.8. The maximum absolute atomic E-state index is 12.2. The van der Waals surface area contributed by atoms with Crippen LogP contribution in [0.4, 0.5) is 0 Å². The van der Waals surface area contributed by atoms with Gasteiger partial charge in [-0.3, -0.25) is 0 Å². The highest BCUT2D eigenvalue weighted by atomic mass is 35.5. The number of hydrogen-bond acceptors (Lipinski definition) is 5. The Balaban J connectivity index is 2.13. The van der Waals surface area contributed by atoms with E-state index in [1.54, 1.807) is 25.4 Å². The summed E-state index contributed by atoms with van der Waals surface area (Å²) in [4.78, 5) is 5.12. The number of nitrogens with one attached hydrogen (secondary N) is 2. The number of nitrogens with zero attached hydrogens (tertiary/aromatic N) is 1. The number of aryl methyl sites for hydroxylation is 1. The Hall–Kier alpha value is -0.990. The van der Waals surface area contributed by atoms with Gasteiger partial charge >= 0.3 is 0 Å². The summed E-state index contributed by atoms with van der Waals surface area (Å²) in [6.45, 7) is 2.69. The van der Waals surface area contributed by atoms with Crippen LogP contribution >= 0.6 is 22.9 Å². The average molecular weight is 346 g/mol. The van der Waals surface area contributed by atoms with Crippen LogP contribution < -0.4 is 10.0 Å². The van der Waals surface area contributed by atoms with Gasteiger partial charge in [0.25, 0.3) is 0 Å². The Morgan fingerprint density at radius 3 is 2.67 bits per heavy atom. The van der Waals surface area contributed by atoms with Crippen LogP contribution in [-0.4, -0.2) is 20.4 Å². The van der Waals surface area contributed by atoms with Crippen molar-refractivity contribution in [3.8, 4) is 0 Å². The molecule has 0 aliphatic rings. The Kier molecular flexibility index (Phi) is 5.34.